The summed E-state index contributed by atoms with van der Waals surface area (Å²) in [6, 6.07) is 8.10. The predicted molar refractivity (Wildman–Crippen MR) is 89.9 cm³/mol. The van der Waals surface area contributed by atoms with Gasteiger partial charge in [-0.25, -0.2) is 0 Å². The van der Waals surface area contributed by atoms with Gasteiger partial charge in [0.05, 0.1) is 0 Å². The second kappa shape index (κ2) is 6.73. The Kier molecular flexibility index (Phi) is 4.69. The van der Waals surface area contributed by atoms with E-state index in [0.717, 1.165) is 49.9 Å². The van der Waals surface area contributed by atoms with Gasteiger partial charge < -0.3 is 10.2 Å². The van der Waals surface area contributed by atoms with Crippen LogP contribution in [0.5, 0.6) is 0 Å². The van der Waals surface area contributed by atoms with Gasteiger partial charge in [0.2, 0.25) is 5.91 Å². The quantitative estimate of drug-likeness (QED) is 0.929. The molecule has 1 aromatic carbocycles. The lowest BCUT2D eigenvalue weighted by Crippen LogP contribution is -2.38. The molecule has 0 spiro atoms. The molecule has 0 aromatic heterocycles. The number of amides is 2. The highest BCUT2D eigenvalue weighted by molar-refractivity contribution is 5.98. The Morgan fingerprint density at radius 2 is 1.91 bits per heavy atom. The molecule has 23 heavy (non-hydrogen) atoms. The summed E-state index contributed by atoms with van der Waals surface area (Å²) in [6.45, 7) is 5.56. The Bertz CT molecular complexity index is 589. The molecule has 2 amide bonds. The predicted octanol–water partition coefficient (Wildman–Crippen LogP) is 2.97. The summed E-state index contributed by atoms with van der Waals surface area (Å²) in [7, 11) is 0. The Hall–Kier alpha value is -1.84. The van der Waals surface area contributed by atoms with Gasteiger partial charge in [-0.1, -0.05) is 18.2 Å². The van der Waals surface area contributed by atoms with Crippen molar-refractivity contribution in [2.45, 2.75) is 52.1 Å². The van der Waals surface area contributed by atoms with Crippen molar-refractivity contribution < 1.29 is 9.59 Å². The molecule has 0 unspecified atom stereocenters. The first kappa shape index (κ1) is 16.0. The van der Waals surface area contributed by atoms with Crippen LogP contribution < -0.4 is 5.32 Å². The number of benzene rings is 1. The number of carbonyl (C=O) groups excluding carboxylic acids is 2. The van der Waals surface area contributed by atoms with Crippen LogP contribution in [0.2, 0.25) is 0 Å². The topological polar surface area (TPSA) is 49.4 Å². The second-order valence-corrected chi connectivity index (χ2v) is 7.22. The highest BCUT2D eigenvalue weighted by Gasteiger charge is 2.32. The van der Waals surface area contributed by atoms with Gasteiger partial charge >= 0.3 is 0 Å². The summed E-state index contributed by atoms with van der Waals surface area (Å²) in [5.74, 6) is 1.04. The van der Waals surface area contributed by atoms with E-state index in [1.807, 2.05) is 43.0 Å². The first-order chi connectivity index (χ1) is 11.0. The van der Waals surface area contributed by atoms with Crippen molar-refractivity contribution in [2.24, 2.45) is 11.8 Å². The molecule has 3 rings (SSSR count). The molecule has 0 bridgehead atoms. The Labute approximate surface area is 138 Å². The smallest absolute Gasteiger partial charge is 0.254 e. The lowest BCUT2D eigenvalue weighted by atomic mass is 9.81. The summed E-state index contributed by atoms with van der Waals surface area (Å²) < 4.78 is 0. The maximum absolute atomic E-state index is 12.4. The molecule has 0 atom stereocenters. The van der Waals surface area contributed by atoms with Crippen LogP contribution >= 0.6 is 0 Å². The number of hydrogen-bond donors (Lipinski definition) is 1. The number of rotatable bonds is 4. The third-order valence-corrected chi connectivity index (χ3v) is 5.02. The fourth-order valence-electron chi connectivity index (χ4n) is 3.78. The molecule has 1 N–H and O–H groups in total. The van der Waals surface area contributed by atoms with Gasteiger partial charge in [-0.2, -0.15) is 0 Å². The van der Waals surface area contributed by atoms with E-state index in [1.54, 1.807) is 0 Å². The first-order valence-corrected chi connectivity index (χ1v) is 8.72. The lowest BCUT2D eigenvalue weighted by molar-refractivity contribution is -0.126. The van der Waals surface area contributed by atoms with Crippen molar-refractivity contribution in [1.29, 1.82) is 0 Å². The van der Waals surface area contributed by atoms with E-state index in [1.165, 1.54) is 0 Å². The standard InChI is InChI=1S/C19H26N2O2/c1-13(2)20-18(22)15-9-7-14(8-10-15)11-21-12-16-5-3-4-6-17(16)19(21)23/h3-6,13-15H,7-12H2,1-2H3,(H,20,22). The molecule has 1 saturated carbocycles. The van der Waals surface area contributed by atoms with Crippen LogP contribution in [0.25, 0.3) is 0 Å². The molecule has 1 aliphatic carbocycles. The fourth-order valence-corrected chi connectivity index (χ4v) is 3.78. The average molecular weight is 314 g/mol. The Morgan fingerprint density at radius 3 is 2.57 bits per heavy atom. The van der Waals surface area contributed by atoms with E-state index in [2.05, 4.69) is 5.32 Å². The van der Waals surface area contributed by atoms with Gasteiger partial charge in [0.15, 0.2) is 0 Å². The molecule has 124 valence electrons. The van der Waals surface area contributed by atoms with Crippen LogP contribution in [0.3, 0.4) is 0 Å². The van der Waals surface area contributed by atoms with Crippen molar-refractivity contribution in [3.05, 3.63) is 35.4 Å². The molecular weight excluding hydrogens is 288 g/mol. The minimum atomic E-state index is 0.153. The molecule has 0 saturated heterocycles. The number of carbonyl (C=O) groups is 2. The molecule has 0 radical (unpaired) electrons. The van der Waals surface area contributed by atoms with E-state index in [-0.39, 0.29) is 23.8 Å². The summed E-state index contributed by atoms with van der Waals surface area (Å²) in [5, 5.41) is 3.02. The third kappa shape index (κ3) is 3.57. The van der Waals surface area contributed by atoms with Gasteiger partial charge in [0, 0.05) is 30.6 Å². The molecule has 1 fully saturated rings. The zero-order valence-electron chi connectivity index (χ0n) is 14.0. The van der Waals surface area contributed by atoms with Crippen LogP contribution in [-0.2, 0) is 11.3 Å². The van der Waals surface area contributed by atoms with Crippen LogP contribution in [0.15, 0.2) is 24.3 Å². The van der Waals surface area contributed by atoms with Crippen LogP contribution in [0, 0.1) is 11.8 Å². The van der Waals surface area contributed by atoms with Crippen LogP contribution in [0.4, 0.5) is 0 Å². The van der Waals surface area contributed by atoms with E-state index >= 15 is 0 Å². The SMILES string of the molecule is CC(C)NC(=O)C1CCC(CN2Cc3ccccc3C2=O)CC1. The maximum Gasteiger partial charge on any atom is 0.254 e. The van der Waals surface area contributed by atoms with E-state index in [4.69, 9.17) is 0 Å². The highest BCUT2D eigenvalue weighted by atomic mass is 16.2. The minimum Gasteiger partial charge on any atom is -0.354 e. The third-order valence-electron chi connectivity index (χ3n) is 5.02. The molecule has 4 heteroatoms. The van der Waals surface area contributed by atoms with E-state index in [9.17, 15) is 9.59 Å². The summed E-state index contributed by atoms with van der Waals surface area (Å²) in [6.07, 6.45) is 3.96. The Balaban J connectivity index is 1.50. The normalized spacial score (nSPS) is 24.0. The number of nitrogens with one attached hydrogen (secondary N) is 1. The van der Waals surface area contributed by atoms with Gasteiger partial charge in [-0.15, -0.1) is 0 Å². The zero-order chi connectivity index (χ0) is 16.4. The van der Waals surface area contributed by atoms with Crippen LogP contribution in [-0.4, -0.2) is 29.3 Å². The lowest BCUT2D eigenvalue weighted by Gasteiger charge is -2.31. The fraction of sp³-hybridized carbons (Fsp3) is 0.579. The van der Waals surface area contributed by atoms with Crippen molar-refractivity contribution >= 4 is 11.8 Å². The summed E-state index contributed by atoms with van der Waals surface area (Å²) in [4.78, 5) is 26.5. The molecule has 1 heterocycles. The molecule has 1 aliphatic heterocycles. The Morgan fingerprint density at radius 1 is 1.22 bits per heavy atom. The van der Waals surface area contributed by atoms with Gasteiger partial charge in [-0.05, 0) is 57.1 Å². The molecule has 1 aromatic rings. The van der Waals surface area contributed by atoms with Gasteiger partial charge in [0.25, 0.3) is 5.91 Å². The number of fused-ring (bicyclic) bond motifs is 1. The van der Waals surface area contributed by atoms with E-state index < -0.39 is 0 Å². The van der Waals surface area contributed by atoms with Crippen molar-refractivity contribution in [2.75, 3.05) is 6.54 Å². The van der Waals surface area contributed by atoms with Gasteiger partial charge in [0.1, 0.15) is 0 Å². The van der Waals surface area contributed by atoms with Crippen LogP contribution in [0.1, 0.15) is 55.5 Å². The molecule has 4 nitrogen and oxygen atoms in total. The molecular formula is C19H26N2O2. The minimum absolute atomic E-state index is 0.153. The summed E-state index contributed by atoms with van der Waals surface area (Å²) in [5.41, 5.74) is 2.00. The van der Waals surface area contributed by atoms with Crippen molar-refractivity contribution in [3.63, 3.8) is 0 Å². The second-order valence-electron chi connectivity index (χ2n) is 7.22. The van der Waals surface area contributed by atoms with Crippen molar-refractivity contribution in [3.8, 4) is 0 Å². The van der Waals surface area contributed by atoms with E-state index in [0.29, 0.717) is 5.92 Å². The first-order valence-electron chi connectivity index (χ1n) is 8.72. The zero-order valence-corrected chi connectivity index (χ0v) is 14.0. The monoisotopic (exact) mass is 314 g/mol. The molecule has 2 aliphatic rings. The largest absolute Gasteiger partial charge is 0.354 e. The highest BCUT2D eigenvalue weighted by Crippen LogP contribution is 2.32. The maximum atomic E-state index is 12.4. The van der Waals surface area contributed by atoms with Gasteiger partial charge in [-0.3, -0.25) is 9.59 Å². The average Bonchev–Trinajstić information content (AvgIpc) is 2.84. The van der Waals surface area contributed by atoms with Crippen molar-refractivity contribution in [1.82, 2.24) is 10.2 Å². The number of nitrogens with zero attached hydrogens (tertiary/aromatic N) is 1. The summed E-state index contributed by atoms with van der Waals surface area (Å²) >= 11 is 0. The number of hydrogen-bond acceptors (Lipinski definition) is 2.